The number of aromatic nitrogens is 3. The van der Waals surface area contributed by atoms with Gasteiger partial charge in [0, 0.05) is 19.2 Å². The third-order valence-corrected chi connectivity index (χ3v) is 6.64. The molecule has 0 spiro atoms. The summed E-state index contributed by atoms with van der Waals surface area (Å²) >= 11 is 0. The zero-order chi connectivity index (χ0) is 20.8. The Hall–Kier alpha value is -2.92. The van der Waals surface area contributed by atoms with Crippen molar-refractivity contribution in [1.29, 1.82) is 0 Å². The number of aromatic amines is 1. The van der Waals surface area contributed by atoms with E-state index in [1.165, 1.54) is 13.4 Å². The average Bonchev–Trinajstić information content (AvgIpc) is 3.04. The van der Waals surface area contributed by atoms with Gasteiger partial charge in [0.05, 0.1) is 19.8 Å². The highest BCUT2D eigenvalue weighted by atomic mass is 32.2. The van der Waals surface area contributed by atoms with Gasteiger partial charge in [-0.2, -0.15) is 0 Å². The molecule has 0 bridgehead atoms. The van der Waals surface area contributed by atoms with Crippen LogP contribution >= 0.6 is 0 Å². The highest BCUT2D eigenvalue weighted by molar-refractivity contribution is 7.92. The SMILES string of the molecule is COc1cc(F)ccc1S(=O)(=O)c1c(N)[nH]c2c(N3CCOC(C)C3)ncnc12. The Balaban J connectivity index is 1.89. The van der Waals surface area contributed by atoms with Crippen LogP contribution in [0.1, 0.15) is 6.92 Å². The number of nitrogen functional groups attached to an aromatic ring is 1. The van der Waals surface area contributed by atoms with Crippen molar-refractivity contribution in [3.63, 3.8) is 0 Å². The maximum Gasteiger partial charge on any atom is 0.216 e. The van der Waals surface area contributed by atoms with Crippen LogP contribution in [0, 0.1) is 5.82 Å². The zero-order valence-electron chi connectivity index (χ0n) is 15.8. The van der Waals surface area contributed by atoms with Gasteiger partial charge < -0.3 is 25.1 Å². The Kier molecular flexibility index (Phi) is 4.79. The minimum Gasteiger partial charge on any atom is -0.495 e. The molecule has 1 atom stereocenters. The minimum atomic E-state index is -4.15. The quantitative estimate of drug-likeness (QED) is 0.611. The molecule has 11 heteroatoms. The van der Waals surface area contributed by atoms with Crippen LogP contribution in [0.4, 0.5) is 16.0 Å². The van der Waals surface area contributed by atoms with Gasteiger partial charge in [0.2, 0.25) is 9.84 Å². The van der Waals surface area contributed by atoms with Gasteiger partial charge in [0.1, 0.15) is 44.5 Å². The van der Waals surface area contributed by atoms with Gasteiger partial charge in [0.25, 0.3) is 0 Å². The lowest BCUT2D eigenvalue weighted by Gasteiger charge is -2.32. The molecule has 3 heterocycles. The number of benzene rings is 1. The number of halogens is 1. The van der Waals surface area contributed by atoms with E-state index in [-0.39, 0.29) is 33.0 Å². The van der Waals surface area contributed by atoms with Crippen LogP contribution in [0.25, 0.3) is 11.0 Å². The van der Waals surface area contributed by atoms with Crippen molar-refractivity contribution in [3.05, 3.63) is 30.3 Å². The molecule has 3 aromatic rings. The van der Waals surface area contributed by atoms with Crippen molar-refractivity contribution >= 4 is 32.5 Å². The number of nitrogens with one attached hydrogen (secondary N) is 1. The molecule has 3 N–H and O–H groups in total. The Morgan fingerprint density at radius 1 is 1.38 bits per heavy atom. The number of morpholine rings is 1. The Bertz CT molecular complexity index is 1180. The van der Waals surface area contributed by atoms with E-state index in [1.54, 1.807) is 0 Å². The number of methoxy groups -OCH3 is 1. The molecule has 0 radical (unpaired) electrons. The summed E-state index contributed by atoms with van der Waals surface area (Å²) in [5.74, 6) is -0.257. The lowest BCUT2D eigenvalue weighted by molar-refractivity contribution is 0.0530. The molecule has 1 unspecified atom stereocenters. The number of fused-ring (bicyclic) bond motifs is 1. The van der Waals surface area contributed by atoms with Crippen LogP contribution in [-0.4, -0.2) is 56.3 Å². The zero-order valence-corrected chi connectivity index (χ0v) is 16.7. The van der Waals surface area contributed by atoms with E-state index in [2.05, 4.69) is 15.0 Å². The second-order valence-electron chi connectivity index (χ2n) is 6.71. The van der Waals surface area contributed by atoms with Crippen LogP contribution in [0.3, 0.4) is 0 Å². The van der Waals surface area contributed by atoms with Gasteiger partial charge in [-0.1, -0.05) is 0 Å². The smallest absolute Gasteiger partial charge is 0.216 e. The molecule has 1 aliphatic rings. The van der Waals surface area contributed by atoms with Crippen molar-refractivity contribution in [2.45, 2.75) is 22.8 Å². The number of sulfone groups is 1. The fraction of sp³-hybridized carbons (Fsp3) is 0.333. The number of hydrogen-bond acceptors (Lipinski definition) is 8. The standard InChI is InChI=1S/C18H20FN5O4S/c1-10-8-24(5-6-28-10)18-15-14(21-9-22-18)16(17(20)23-15)29(25,26)13-4-3-11(19)7-12(13)27-2/h3-4,7,9-10,23H,5-6,8,20H2,1-2H3. The van der Waals surface area contributed by atoms with Gasteiger partial charge >= 0.3 is 0 Å². The number of anilines is 2. The molecule has 0 aliphatic carbocycles. The molecule has 1 fully saturated rings. The van der Waals surface area contributed by atoms with Gasteiger partial charge in [-0.05, 0) is 19.1 Å². The van der Waals surface area contributed by atoms with E-state index in [9.17, 15) is 12.8 Å². The minimum absolute atomic E-state index is 0.00718. The predicted octanol–water partition coefficient (Wildman–Crippen LogP) is 1.75. The highest BCUT2D eigenvalue weighted by Gasteiger charge is 2.31. The first kappa shape index (κ1) is 19.4. The van der Waals surface area contributed by atoms with Crippen LogP contribution in [0.5, 0.6) is 5.75 Å². The molecule has 1 aliphatic heterocycles. The van der Waals surface area contributed by atoms with E-state index in [1.807, 2.05) is 11.8 Å². The highest BCUT2D eigenvalue weighted by Crippen LogP contribution is 2.38. The molecule has 9 nitrogen and oxygen atoms in total. The van der Waals surface area contributed by atoms with Gasteiger partial charge in [-0.15, -0.1) is 0 Å². The third kappa shape index (κ3) is 3.25. The summed E-state index contributed by atoms with van der Waals surface area (Å²) in [5.41, 5.74) is 6.64. The summed E-state index contributed by atoms with van der Waals surface area (Å²) in [5, 5.41) is 0. The number of hydrogen-bond donors (Lipinski definition) is 2. The topological polar surface area (TPSA) is 123 Å². The maximum absolute atomic E-state index is 13.5. The van der Waals surface area contributed by atoms with E-state index in [0.29, 0.717) is 31.0 Å². The van der Waals surface area contributed by atoms with Crippen LogP contribution in [-0.2, 0) is 14.6 Å². The summed E-state index contributed by atoms with van der Waals surface area (Å²) in [4.78, 5) is 13.0. The molecule has 4 rings (SSSR count). The Morgan fingerprint density at radius 3 is 2.90 bits per heavy atom. The van der Waals surface area contributed by atoms with Crippen LogP contribution in [0.15, 0.2) is 34.3 Å². The second kappa shape index (κ2) is 7.16. The number of rotatable bonds is 4. The first-order chi connectivity index (χ1) is 13.8. The summed E-state index contributed by atoms with van der Waals surface area (Å²) in [6.45, 7) is 3.67. The summed E-state index contributed by atoms with van der Waals surface area (Å²) in [7, 11) is -2.88. The summed E-state index contributed by atoms with van der Waals surface area (Å²) in [6, 6.07) is 3.21. The summed E-state index contributed by atoms with van der Waals surface area (Å²) < 4.78 is 50.9. The summed E-state index contributed by atoms with van der Waals surface area (Å²) in [6.07, 6.45) is 1.30. The number of nitrogens with zero attached hydrogens (tertiary/aromatic N) is 3. The first-order valence-corrected chi connectivity index (χ1v) is 10.4. The first-order valence-electron chi connectivity index (χ1n) is 8.90. The number of nitrogens with two attached hydrogens (primary N) is 1. The molecule has 2 aromatic heterocycles. The van der Waals surface area contributed by atoms with Gasteiger partial charge in [-0.25, -0.2) is 22.8 Å². The van der Waals surface area contributed by atoms with Crippen molar-refractivity contribution in [1.82, 2.24) is 15.0 Å². The lowest BCUT2D eigenvalue weighted by Crippen LogP contribution is -2.41. The molecular weight excluding hydrogens is 401 g/mol. The van der Waals surface area contributed by atoms with Crippen molar-refractivity contribution in [3.8, 4) is 5.75 Å². The molecule has 0 saturated carbocycles. The van der Waals surface area contributed by atoms with Gasteiger partial charge in [-0.3, -0.25) is 0 Å². The normalized spacial score (nSPS) is 17.6. The Labute approximate surface area is 166 Å². The third-order valence-electron chi connectivity index (χ3n) is 4.77. The Morgan fingerprint density at radius 2 is 2.17 bits per heavy atom. The van der Waals surface area contributed by atoms with Crippen molar-refractivity contribution in [2.24, 2.45) is 0 Å². The predicted molar refractivity (Wildman–Crippen MR) is 104 cm³/mol. The monoisotopic (exact) mass is 421 g/mol. The fourth-order valence-corrected chi connectivity index (χ4v) is 5.10. The molecule has 1 aromatic carbocycles. The number of ether oxygens (including phenoxy) is 2. The second-order valence-corrected chi connectivity index (χ2v) is 8.57. The van der Waals surface area contributed by atoms with Crippen LogP contribution < -0.4 is 15.4 Å². The molecule has 154 valence electrons. The van der Waals surface area contributed by atoms with Crippen LogP contribution in [0.2, 0.25) is 0 Å². The van der Waals surface area contributed by atoms with Gasteiger partial charge in [0.15, 0.2) is 5.82 Å². The van der Waals surface area contributed by atoms with E-state index >= 15 is 0 Å². The molecule has 0 amide bonds. The molecule has 1 saturated heterocycles. The fourth-order valence-electron chi connectivity index (χ4n) is 3.48. The number of H-pyrrole nitrogens is 1. The van der Waals surface area contributed by atoms with E-state index < -0.39 is 15.7 Å². The maximum atomic E-state index is 13.5. The van der Waals surface area contributed by atoms with Crippen molar-refractivity contribution < 1.29 is 22.3 Å². The average molecular weight is 421 g/mol. The molecular formula is C18H20FN5O4S. The van der Waals surface area contributed by atoms with E-state index in [0.717, 1.165) is 18.2 Å². The van der Waals surface area contributed by atoms with Crippen molar-refractivity contribution in [2.75, 3.05) is 37.4 Å². The molecule has 29 heavy (non-hydrogen) atoms. The van der Waals surface area contributed by atoms with E-state index in [4.69, 9.17) is 15.2 Å². The lowest BCUT2D eigenvalue weighted by atomic mass is 10.3. The largest absolute Gasteiger partial charge is 0.495 e.